The molecular formula is C26H36N2O5. The van der Waals surface area contributed by atoms with Crippen LogP contribution in [0.2, 0.25) is 0 Å². The molecule has 2 amide bonds. The standard InChI is InChI=1S/C26H36N2O5/c1-7-23(25(30)27-26(2,3)4)28(14-13-19-11-9-8-10-12-19)24(29)18-33-22-16-20(31-5)15-21(17-22)32-6/h8-12,15-17,23H,7,13-14,18H2,1-6H3,(H,27,30). The second-order valence-electron chi connectivity index (χ2n) is 8.82. The van der Waals surface area contributed by atoms with Crippen molar-refractivity contribution >= 4 is 11.8 Å². The van der Waals surface area contributed by atoms with Crippen LogP contribution < -0.4 is 19.5 Å². The van der Waals surface area contributed by atoms with Crippen molar-refractivity contribution in [2.45, 2.75) is 52.1 Å². The third-order valence-electron chi connectivity index (χ3n) is 5.06. The van der Waals surface area contributed by atoms with Crippen molar-refractivity contribution < 1.29 is 23.8 Å². The fourth-order valence-electron chi connectivity index (χ4n) is 3.44. The van der Waals surface area contributed by atoms with Gasteiger partial charge >= 0.3 is 0 Å². The minimum atomic E-state index is -0.594. The number of methoxy groups -OCH3 is 2. The monoisotopic (exact) mass is 456 g/mol. The molecule has 0 fully saturated rings. The van der Waals surface area contributed by atoms with E-state index >= 15 is 0 Å². The molecule has 0 aromatic heterocycles. The zero-order valence-corrected chi connectivity index (χ0v) is 20.5. The molecule has 0 aliphatic rings. The van der Waals surface area contributed by atoms with E-state index in [4.69, 9.17) is 14.2 Å². The van der Waals surface area contributed by atoms with Crippen LogP contribution in [0.4, 0.5) is 0 Å². The summed E-state index contributed by atoms with van der Waals surface area (Å²) in [5.41, 5.74) is 0.701. The van der Waals surface area contributed by atoms with Gasteiger partial charge in [0.1, 0.15) is 23.3 Å². The van der Waals surface area contributed by atoms with Gasteiger partial charge in [-0.25, -0.2) is 0 Å². The van der Waals surface area contributed by atoms with Gasteiger partial charge in [0.2, 0.25) is 5.91 Å². The van der Waals surface area contributed by atoms with Crippen molar-refractivity contribution in [3.8, 4) is 17.2 Å². The van der Waals surface area contributed by atoms with Gasteiger partial charge in [-0.05, 0) is 39.2 Å². The Morgan fingerprint density at radius 1 is 0.970 bits per heavy atom. The predicted octanol–water partition coefficient (Wildman–Crippen LogP) is 3.85. The maximum absolute atomic E-state index is 13.3. The first-order valence-electron chi connectivity index (χ1n) is 11.2. The van der Waals surface area contributed by atoms with Crippen LogP contribution in [-0.2, 0) is 16.0 Å². The molecule has 0 aliphatic carbocycles. The molecular weight excluding hydrogens is 420 g/mol. The summed E-state index contributed by atoms with van der Waals surface area (Å²) in [7, 11) is 3.10. The van der Waals surface area contributed by atoms with Crippen LogP contribution in [0, 0.1) is 0 Å². The summed E-state index contributed by atoms with van der Waals surface area (Å²) in [6.45, 7) is 7.88. The predicted molar refractivity (Wildman–Crippen MR) is 129 cm³/mol. The van der Waals surface area contributed by atoms with E-state index in [0.717, 1.165) is 5.56 Å². The van der Waals surface area contributed by atoms with Crippen molar-refractivity contribution in [3.63, 3.8) is 0 Å². The fourth-order valence-corrected chi connectivity index (χ4v) is 3.44. The Hall–Kier alpha value is -3.22. The number of ether oxygens (including phenoxy) is 3. The molecule has 2 rings (SSSR count). The number of nitrogens with zero attached hydrogens (tertiary/aromatic N) is 1. The van der Waals surface area contributed by atoms with E-state index in [9.17, 15) is 9.59 Å². The number of benzene rings is 2. The molecule has 1 unspecified atom stereocenters. The smallest absolute Gasteiger partial charge is 0.261 e. The Bertz CT molecular complexity index is 886. The molecule has 180 valence electrons. The highest BCUT2D eigenvalue weighted by Gasteiger charge is 2.30. The van der Waals surface area contributed by atoms with Gasteiger partial charge in [-0.15, -0.1) is 0 Å². The lowest BCUT2D eigenvalue weighted by Crippen LogP contribution is -2.54. The van der Waals surface area contributed by atoms with Gasteiger partial charge in [-0.3, -0.25) is 9.59 Å². The number of amides is 2. The van der Waals surface area contributed by atoms with Crippen molar-refractivity contribution in [2.24, 2.45) is 0 Å². The largest absolute Gasteiger partial charge is 0.496 e. The Balaban J connectivity index is 2.20. The molecule has 33 heavy (non-hydrogen) atoms. The maximum atomic E-state index is 13.3. The van der Waals surface area contributed by atoms with E-state index in [-0.39, 0.29) is 18.4 Å². The number of rotatable bonds is 11. The van der Waals surface area contributed by atoms with Gasteiger partial charge < -0.3 is 24.4 Å². The second kappa shape index (κ2) is 12.1. The van der Waals surface area contributed by atoms with Gasteiger partial charge in [-0.1, -0.05) is 37.3 Å². The molecule has 7 heteroatoms. The first kappa shape index (κ1) is 26.0. The summed E-state index contributed by atoms with van der Waals surface area (Å²) in [6.07, 6.45) is 1.13. The highest BCUT2D eigenvalue weighted by Crippen LogP contribution is 2.27. The number of carbonyl (C=O) groups is 2. The summed E-state index contributed by atoms with van der Waals surface area (Å²) in [4.78, 5) is 27.9. The summed E-state index contributed by atoms with van der Waals surface area (Å²) in [6, 6.07) is 14.4. The topological polar surface area (TPSA) is 77.1 Å². The van der Waals surface area contributed by atoms with E-state index in [1.807, 2.05) is 58.0 Å². The molecule has 1 N–H and O–H groups in total. The van der Waals surface area contributed by atoms with Gasteiger partial charge in [0.15, 0.2) is 6.61 Å². The molecule has 0 spiro atoms. The molecule has 0 heterocycles. The van der Waals surface area contributed by atoms with Crippen LogP contribution in [0.5, 0.6) is 17.2 Å². The van der Waals surface area contributed by atoms with Gasteiger partial charge in [-0.2, -0.15) is 0 Å². The lowest BCUT2D eigenvalue weighted by atomic mass is 10.1. The Morgan fingerprint density at radius 3 is 2.06 bits per heavy atom. The van der Waals surface area contributed by atoms with Crippen molar-refractivity contribution in [3.05, 3.63) is 54.1 Å². The molecule has 0 saturated carbocycles. The van der Waals surface area contributed by atoms with Gasteiger partial charge in [0.25, 0.3) is 5.91 Å². The summed E-state index contributed by atoms with van der Waals surface area (Å²) in [5, 5.41) is 3.00. The molecule has 1 atom stereocenters. The second-order valence-corrected chi connectivity index (χ2v) is 8.82. The molecule has 0 aliphatic heterocycles. The average molecular weight is 457 g/mol. The summed E-state index contributed by atoms with van der Waals surface area (Å²) in [5.74, 6) is 1.15. The van der Waals surface area contributed by atoms with Crippen molar-refractivity contribution in [2.75, 3.05) is 27.4 Å². The number of nitrogens with one attached hydrogen (secondary N) is 1. The fraction of sp³-hybridized carbons (Fsp3) is 0.462. The zero-order chi connectivity index (χ0) is 24.4. The summed E-state index contributed by atoms with van der Waals surface area (Å²) >= 11 is 0. The minimum Gasteiger partial charge on any atom is -0.496 e. The maximum Gasteiger partial charge on any atom is 0.261 e. The lowest BCUT2D eigenvalue weighted by molar-refractivity contribution is -0.142. The highest BCUT2D eigenvalue weighted by atomic mass is 16.5. The molecule has 0 saturated heterocycles. The Labute approximate surface area is 197 Å². The molecule has 2 aromatic carbocycles. The zero-order valence-electron chi connectivity index (χ0n) is 20.5. The summed E-state index contributed by atoms with van der Waals surface area (Å²) < 4.78 is 16.3. The van der Waals surface area contributed by atoms with Gasteiger partial charge in [0, 0.05) is 30.3 Å². The Morgan fingerprint density at radius 2 is 1.55 bits per heavy atom. The van der Waals surface area contributed by atoms with E-state index in [0.29, 0.717) is 36.6 Å². The van der Waals surface area contributed by atoms with Crippen LogP contribution >= 0.6 is 0 Å². The van der Waals surface area contributed by atoms with Crippen molar-refractivity contribution in [1.82, 2.24) is 10.2 Å². The third kappa shape index (κ3) is 8.33. The Kier molecular flexibility index (Phi) is 9.57. The molecule has 2 aromatic rings. The number of hydrogen-bond acceptors (Lipinski definition) is 5. The molecule has 0 radical (unpaired) electrons. The minimum absolute atomic E-state index is 0.172. The van der Waals surface area contributed by atoms with E-state index in [1.54, 1.807) is 37.3 Å². The van der Waals surface area contributed by atoms with Crippen LogP contribution in [0.1, 0.15) is 39.7 Å². The average Bonchev–Trinajstić information content (AvgIpc) is 2.79. The quantitative estimate of drug-likeness (QED) is 0.556. The highest BCUT2D eigenvalue weighted by molar-refractivity contribution is 5.88. The molecule has 7 nitrogen and oxygen atoms in total. The third-order valence-corrected chi connectivity index (χ3v) is 5.06. The van der Waals surface area contributed by atoms with Crippen LogP contribution in [0.25, 0.3) is 0 Å². The van der Waals surface area contributed by atoms with E-state index < -0.39 is 11.6 Å². The SMILES string of the molecule is CCC(C(=O)NC(C)(C)C)N(CCc1ccccc1)C(=O)COc1cc(OC)cc(OC)c1. The number of carbonyl (C=O) groups excluding carboxylic acids is 2. The van der Waals surface area contributed by atoms with Gasteiger partial charge in [0.05, 0.1) is 14.2 Å². The first-order chi connectivity index (χ1) is 15.7. The van der Waals surface area contributed by atoms with E-state index in [1.165, 1.54) is 0 Å². The lowest BCUT2D eigenvalue weighted by Gasteiger charge is -2.33. The van der Waals surface area contributed by atoms with E-state index in [2.05, 4.69) is 5.32 Å². The number of hydrogen-bond donors (Lipinski definition) is 1. The van der Waals surface area contributed by atoms with Crippen molar-refractivity contribution in [1.29, 1.82) is 0 Å². The first-order valence-corrected chi connectivity index (χ1v) is 11.2. The normalized spacial score (nSPS) is 11.9. The molecule has 0 bridgehead atoms. The van der Waals surface area contributed by atoms with Crippen LogP contribution in [-0.4, -0.2) is 55.7 Å². The van der Waals surface area contributed by atoms with Crippen LogP contribution in [0.3, 0.4) is 0 Å². The van der Waals surface area contributed by atoms with Crippen LogP contribution in [0.15, 0.2) is 48.5 Å².